The molecule has 1 aromatic rings. The molecule has 18 heavy (non-hydrogen) atoms. The monoisotopic (exact) mass is 269 g/mol. The van der Waals surface area contributed by atoms with Gasteiger partial charge in [0.1, 0.15) is 0 Å². The normalized spacial score (nSPS) is 24.2. The number of halogens is 1. The molecule has 1 saturated carbocycles. The first-order valence-corrected chi connectivity index (χ1v) is 6.99. The zero-order valence-electron chi connectivity index (χ0n) is 10.9. The molecule has 1 aliphatic carbocycles. The fourth-order valence-electron chi connectivity index (χ4n) is 2.32. The van der Waals surface area contributed by atoms with E-state index < -0.39 is 0 Å². The number of anilines is 1. The van der Waals surface area contributed by atoms with Crippen LogP contribution < -0.4 is 10.9 Å². The summed E-state index contributed by atoms with van der Waals surface area (Å²) in [5.74, 6) is 0.462. The second-order valence-corrected chi connectivity index (χ2v) is 5.79. The second-order valence-electron chi connectivity index (χ2n) is 5.18. The molecule has 0 unspecified atom stereocenters. The highest BCUT2D eigenvalue weighted by atomic mass is 35.5. The Morgan fingerprint density at radius 3 is 2.67 bits per heavy atom. The van der Waals surface area contributed by atoms with Gasteiger partial charge in [-0.25, -0.2) is 4.98 Å². The predicted molar refractivity (Wildman–Crippen MR) is 74.4 cm³/mol. The van der Waals surface area contributed by atoms with Gasteiger partial charge in [0.15, 0.2) is 5.82 Å². The molecule has 0 atom stereocenters. The maximum absolute atomic E-state index is 12.2. The van der Waals surface area contributed by atoms with E-state index in [0.717, 1.165) is 25.7 Å². The summed E-state index contributed by atoms with van der Waals surface area (Å²) >= 11 is 6.07. The molecule has 0 saturated heterocycles. The van der Waals surface area contributed by atoms with Crippen LogP contribution in [-0.2, 0) is 0 Å². The number of nitrogens with zero attached hydrogens (tertiary/aromatic N) is 2. The van der Waals surface area contributed by atoms with Gasteiger partial charge in [-0.3, -0.25) is 4.79 Å². The van der Waals surface area contributed by atoms with Crippen LogP contribution in [0.15, 0.2) is 17.2 Å². The minimum atomic E-state index is -0.0412. The van der Waals surface area contributed by atoms with E-state index in [-0.39, 0.29) is 11.6 Å². The van der Waals surface area contributed by atoms with Crippen LogP contribution in [0.3, 0.4) is 0 Å². The lowest BCUT2D eigenvalue weighted by atomic mass is 9.95. The van der Waals surface area contributed by atoms with Crippen LogP contribution in [0.1, 0.15) is 45.6 Å². The molecule has 0 bridgehead atoms. The average molecular weight is 270 g/mol. The molecule has 0 amide bonds. The summed E-state index contributed by atoms with van der Waals surface area (Å²) in [6, 6.07) is 0.475. The lowest BCUT2D eigenvalue weighted by molar-refractivity contribution is 0.466. The molecular formula is C13H20ClN3O. The van der Waals surface area contributed by atoms with E-state index in [4.69, 9.17) is 11.6 Å². The predicted octanol–water partition coefficient (Wildman–Crippen LogP) is 2.79. The summed E-state index contributed by atoms with van der Waals surface area (Å²) < 4.78 is 1.70. The molecule has 1 aliphatic rings. The highest BCUT2D eigenvalue weighted by molar-refractivity contribution is 6.20. The van der Waals surface area contributed by atoms with E-state index in [1.807, 2.05) is 13.8 Å². The Kier molecular flexibility index (Phi) is 4.27. The van der Waals surface area contributed by atoms with Crippen molar-refractivity contribution in [1.82, 2.24) is 9.55 Å². The largest absolute Gasteiger partial charge is 0.363 e. The molecule has 5 heteroatoms. The molecule has 100 valence electrons. The Labute approximate surface area is 112 Å². The fraction of sp³-hybridized carbons (Fsp3) is 0.692. The van der Waals surface area contributed by atoms with Crippen molar-refractivity contribution in [3.05, 3.63) is 22.7 Å². The van der Waals surface area contributed by atoms with Gasteiger partial charge in [-0.15, -0.1) is 11.6 Å². The standard InChI is InChI=1S/C13H20ClN3O/c1-9(2)17-8-7-15-12(13(17)18)16-11-5-3-10(14)4-6-11/h7-11H,3-6H2,1-2H3,(H,15,16). The maximum Gasteiger partial charge on any atom is 0.293 e. The van der Waals surface area contributed by atoms with Crippen molar-refractivity contribution in [3.8, 4) is 0 Å². The van der Waals surface area contributed by atoms with Crippen molar-refractivity contribution in [3.63, 3.8) is 0 Å². The van der Waals surface area contributed by atoms with Crippen LogP contribution in [0.25, 0.3) is 0 Å². The van der Waals surface area contributed by atoms with Crippen LogP contribution in [0.2, 0.25) is 0 Å². The summed E-state index contributed by atoms with van der Waals surface area (Å²) in [7, 11) is 0. The average Bonchev–Trinajstić information content (AvgIpc) is 2.34. The Morgan fingerprint density at radius 2 is 2.06 bits per heavy atom. The van der Waals surface area contributed by atoms with Gasteiger partial charge in [-0.2, -0.15) is 0 Å². The Bertz CT molecular complexity index is 450. The van der Waals surface area contributed by atoms with E-state index in [1.165, 1.54) is 0 Å². The van der Waals surface area contributed by atoms with Crippen molar-refractivity contribution in [2.45, 2.75) is 57.0 Å². The zero-order valence-corrected chi connectivity index (χ0v) is 11.7. The number of hydrogen-bond acceptors (Lipinski definition) is 3. The van der Waals surface area contributed by atoms with Crippen LogP contribution >= 0.6 is 11.6 Å². The van der Waals surface area contributed by atoms with E-state index in [1.54, 1.807) is 17.0 Å². The zero-order chi connectivity index (χ0) is 13.1. The smallest absolute Gasteiger partial charge is 0.293 e. The van der Waals surface area contributed by atoms with E-state index in [0.29, 0.717) is 17.2 Å². The van der Waals surface area contributed by atoms with Gasteiger partial charge in [-0.1, -0.05) is 0 Å². The Morgan fingerprint density at radius 1 is 1.39 bits per heavy atom. The van der Waals surface area contributed by atoms with Crippen molar-refractivity contribution in [2.24, 2.45) is 0 Å². The molecule has 1 fully saturated rings. The maximum atomic E-state index is 12.2. The SMILES string of the molecule is CC(C)n1ccnc(NC2CCC(Cl)CC2)c1=O. The lowest BCUT2D eigenvalue weighted by Gasteiger charge is -2.26. The van der Waals surface area contributed by atoms with Gasteiger partial charge in [0.05, 0.1) is 0 Å². The quantitative estimate of drug-likeness (QED) is 0.859. The van der Waals surface area contributed by atoms with E-state index in [9.17, 15) is 4.79 Å². The molecule has 1 aromatic heterocycles. The number of rotatable bonds is 3. The fourth-order valence-corrected chi connectivity index (χ4v) is 2.57. The summed E-state index contributed by atoms with van der Waals surface area (Å²) in [5, 5.41) is 3.55. The summed E-state index contributed by atoms with van der Waals surface area (Å²) in [6.07, 6.45) is 7.43. The molecule has 1 heterocycles. The van der Waals surface area contributed by atoms with Gasteiger partial charge in [0.25, 0.3) is 5.56 Å². The van der Waals surface area contributed by atoms with Crippen molar-refractivity contribution in [1.29, 1.82) is 0 Å². The third kappa shape index (κ3) is 3.05. The third-order valence-electron chi connectivity index (χ3n) is 3.42. The number of alkyl halides is 1. The van der Waals surface area contributed by atoms with Gasteiger partial charge in [-0.05, 0) is 39.5 Å². The van der Waals surface area contributed by atoms with Gasteiger partial charge in [0.2, 0.25) is 0 Å². The van der Waals surface area contributed by atoms with Crippen LogP contribution in [0, 0.1) is 0 Å². The highest BCUT2D eigenvalue weighted by Gasteiger charge is 2.20. The first kappa shape index (κ1) is 13.4. The minimum Gasteiger partial charge on any atom is -0.363 e. The summed E-state index contributed by atoms with van der Waals surface area (Å²) in [6.45, 7) is 3.98. The first-order chi connectivity index (χ1) is 8.58. The van der Waals surface area contributed by atoms with Crippen LogP contribution in [0.5, 0.6) is 0 Å². The molecule has 0 aliphatic heterocycles. The van der Waals surface area contributed by atoms with E-state index >= 15 is 0 Å². The van der Waals surface area contributed by atoms with Crippen molar-refractivity contribution >= 4 is 17.4 Å². The topological polar surface area (TPSA) is 46.9 Å². The molecule has 1 N–H and O–H groups in total. The third-order valence-corrected chi connectivity index (χ3v) is 3.86. The van der Waals surface area contributed by atoms with Crippen molar-refractivity contribution < 1.29 is 0 Å². The summed E-state index contributed by atoms with van der Waals surface area (Å²) in [4.78, 5) is 16.3. The molecule has 4 nitrogen and oxygen atoms in total. The second kappa shape index (κ2) is 5.74. The van der Waals surface area contributed by atoms with Crippen LogP contribution in [-0.4, -0.2) is 21.0 Å². The molecule has 2 rings (SSSR count). The molecule has 0 spiro atoms. The number of hydrogen-bond donors (Lipinski definition) is 1. The Hall–Kier alpha value is -1.03. The van der Waals surface area contributed by atoms with Gasteiger partial charge in [0, 0.05) is 29.9 Å². The van der Waals surface area contributed by atoms with Gasteiger partial charge >= 0.3 is 0 Å². The number of nitrogens with one attached hydrogen (secondary N) is 1. The highest BCUT2D eigenvalue weighted by Crippen LogP contribution is 2.24. The van der Waals surface area contributed by atoms with E-state index in [2.05, 4.69) is 10.3 Å². The molecular weight excluding hydrogens is 250 g/mol. The van der Waals surface area contributed by atoms with Gasteiger partial charge < -0.3 is 9.88 Å². The molecule has 0 aromatic carbocycles. The lowest BCUT2D eigenvalue weighted by Crippen LogP contribution is -2.32. The molecule has 0 radical (unpaired) electrons. The van der Waals surface area contributed by atoms with Crippen LogP contribution in [0.4, 0.5) is 5.82 Å². The number of aromatic nitrogens is 2. The van der Waals surface area contributed by atoms with Crippen molar-refractivity contribution in [2.75, 3.05) is 5.32 Å². The Balaban J connectivity index is 2.10. The first-order valence-electron chi connectivity index (χ1n) is 6.55. The minimum absolute atomic E-state index is 0.0412. The summed E-state index contributed by atoms with van der Waals surface area (Å²) in [5.41, 5.74) is -0.0412.